The molecule has 0 bridgehead atoms. The molecule has 0 heterocycles. The minimum atomic E-state index is -3.71. The average Bonchev–Trinajstić information content (AvgIpc) is 2.63. The predicted octanol–water partition coefficient (Wildman–Crippen LogP) is -3.01. The van der Waals surface area contributed by atoms with E-state index in [4.69, 9.17) is 15.3 Å². The fraction of sp³-hybridized carbons (Fsp3) is 0.529. The maximum Gasteiger partial charge on any atom is 0.506 e. The van der Waals surface area contributed by atoms with Gasteiger partial charge in [0.05, 0.1) is 32.6 Å². The minimum Gasteiger partial charge on any atom is -0.481 e. The number of hydrogen-bond donors (Lipinski definition) is 8. The number of carbonyl (C=O) groups is 8. The zero-order valence-electron chi connectivity index (χ0n) is 18.0. The number of aliphatic carboxylic acids is 7. The van der Waals surface area contributed by atoms with E-state index in [9.17, 15) is 63.9 Å². The van der Waals surface area contributed by atoms with Gasteiger partial charge in [-0.2, -0.15) is 0 Å². The molecular weight excluding hydrogens is 504 g/mol. The van der Waals surface area contributed by atoms with Gasteiger partial charge in [0, 0.05) is 12.6 Å². The standard InChI is InChI=1S/C17H22N2O17/c20-8(21)1-17(15(32)33,36-16(34)35)13(14(30)31)7(19(5-11(26)27)6-12(28)29)2-18(3-9(22)23)4-10(24)25/h7,13H,1-6H2,(H,20,21)(H,22,23)(H,24,25)(H,26,27)(H,28,29)(H,30,31)(H,32,33)(H,34,35). The number of carboxylic acids is 7. The van der Waals surface area contributed by atoms with Crippen LogP contribution in [0, 0.1) is 5.92 Å². The van der Waals surface area contributed by atoms with Gasteiger partial charge in [-0.3, -0.25) is 38.6 Å². The van der Waals surface area contributed by atoms with Crippen molar-refractivity contribution in [2.24, 2.45) is 5.92 Å². The molecule has 0 aliphatic rings. The fourth-order valence-corrected chi connectivity index (χ4v) is 3.42. The Morgan fingerprint density at radius 1 is 0.639 bits per heavy atom. The molecule has 0 spiro atoms. The van der Waals surface area contributed by atoms with E-state index in [-0.39, 0.29) is 4.90 Å². The van der Waals surface area contributed by atoms with Crippen LogP contribution in [0.3, 0.4) is 0 Å². The molecule has 0 amide bonds. The number of carboxylic acid groups (broad SMARTS) is 8. The molecule has 0 radical (unpaired) electrons. The second-order valence-corrected chi connectivity index (χ2v) is 7.17. The molecule has 0 saturated carbocycles. The molecule has 0 aliphatic carbocycles. The molecule has 0 rings (SSSR count). The third kappa shape index (κ3) is 9.77. The quantitative estimate of drug-likeness (QED) is 0.0824. The van der Waals surface area contributed by atoms with Gasteiger partial charge in [-0.15, -0.1) is 0 Å². The highest BCUT2D eigenvalue weighted by Crippen LogP contribution is 2.33. The van der Waals surface area contributed by atoms with E-state index >= 15 is 0 Å². The smallest absolute Gasteiger partial charge is 0.481 e. The van der Waals surface area contributed by atoms with E-state index in [0.717, 1.165) is 0 Å². The molecule has 3 unspecified atom stereocenters. The highest BCUT2D eigenvalue weighted by Gasteiger charge is 2.59. The normalized spacial score (nSPS) is 14.3. The minimum absolute atomic E-state index is 0.269. The molecular formula is C17H22N2O17. The van der Waals surface area contributed by atoms with Crippen LogP contribution in [0.1, 0.15) is 6.42 Å². The Balaban J connectivity index is 7.28. The summed E-state index contributed by atoms with van der Waals surface area (Å²) < 4.78 is 4.20. The topological polar surface area (TPSA) is 314 Å². The zero-order chi connectivity index (χ0) is 28.4. The number of rotatable bonds is 18. The van der Waals surface area contributed by atoms with Crippen LogP contribution < -0.4 is 0 Å². The molecule has 19 heteroatoms. The summed E-state index contributed by atoms with van der Waals surface area (Å²) in [4.78, 5) is 92.7. The maximum atomic E-state index is 12.3. The Morgan fingerprint density at radius 2 is 1.06 bits per heavy atom. The monoisotopic (exact) mass is 526 g/mol. The van der Waals surface area contributed by atoms with Crippen LogP contribution >= 0.6 is 0 Å². The lowest BCUT2D eigenvalue weighted by atomic mass is 9.78. The zero-order valence-corrected chi connectivity index (χ0v) is 18.0. The van der Waals surface area contributed by atoms with Gasteiger partial charge in [0.15, 0.2) is 0 Å². The first-order valence-corrected chi connectivity index (χ1v) is 9.36. The first-order chi connectivity index (χ1) is 16.4. The van der Waals surface area contributed by atoms with Crippen molar-refractivity contribution in [3.8, 4) is 0 Å². The third-order valence-corrected chi connectivity index (χ3v) is 4.51. The Labute approximate surface area is 199 Å². The molecule has 0 aromatic heterocycles. The second-order valence-electron chi connectivity index (χ2n) is 7.17. The summed E-state index contributed by atoms with van der Waals surface area (Å²) in [7, 11) is 0. The highest BCUT2D eigenvalue weighted by atomic mass is 16.7. The molecule has 0 fully saturated rings. The average molecular weight is 526 g/mol. The van der Waals surface area contributed by atoms with Gasteiger partial charge in [0.1, 0.15) is 5.92 Å². The van der Waals surface area contributed by atoms with E-state index in [1.54, 1.807) is 0 Å². The van der Waals surface area contributed by atoms with Crippen LogP contribution in [-0.2, 0) is 38.3 Å². The molecule has 0 aliphatic heterocycles. The molecule has 0 saturated heterocycles. The largest absolute Gasteiger partial charge is 0.506 e. The van der Waals surface area contributed by atoms with Crippen molar-refractivity contribution >= 4 is 47.9 Å². The van der Waals surface area contributed by atoms with E-state index < -0.39 is 105 Å². The van der Waals surface area contributed by atoms with Crippen molar-refractivity contribution in [3.05, 3.63) is 0 Å². The van der Waals surface area contributed by atoms with Crippen molar-refractivity contribution in [3.63, 3.8) is 0 Å². The Kier molecular flexibility index (Phi) is 11.7. The van der Waals surface area contributed by atoms with Crippen molar-refractivity contribution in [1.82, 2.24) is 9.80 Å². The second kappa shape index (κ2) is 13.4. The van der Waals surface area contributed by atoms with E-state index in [2.05, 4.69) is 4.74 Å². The third-order valence-electron chi connectivity index (χ3n) is 4.51. The first-order valence-electron chi connectivity index (χ1n) is 9.36. The van der Waals surface area contributed by atoms with E-state index in [1.807, 2.05) is 0 Å². The SMILES string of the molecule is O=C(O)CN(CC(=O)O)CC(C(C(=O)O)C(CC(=O)O)(OC(=O)O)C(=O)O)N(CC(=O)O)CC(=O)O. The van der Waals surface area contributed by atoms with Crippen LogP contribution in [0.4, 0.5) is 4.79 Å². The van der Waals surface area contributed by atoms with Crippen molar-refractivity contribution < 1.29 is 83.9 Å². The summed E-state index contributed by atoms with van der Waals surface area (Å²) in [6.45, 7) is -6.23. The van der Waals surface area contributed by atoms with Gasteiger partial charge < -0.3 is 45.6 Å². The van der Waals surface area contributed by atoms with Crippen LogP contribution in [-0.4, -0.2) is 143 Å². The molecule has 0 aromatic carbocycles. The van der Waals surface area contributed by atoms with Crippen LogP contribution in [0.25, 0.3) is 0 Å². The van der Waals surface area contributed by atoms with Crippen molar-refractivity contribution in [1.29, 1.82) is 0 Å². The van der Waals surface area contributed by atoms with Crippen LogP contribution in [0.2, 0.25) is 0 Å². The lowest BCUT2D eigenvalue weighted by Gasteiger charge is -2.42. The van der Waals surface area contributed by atoms with Gasteiger partial charge in [-0.05, 0) is 0 Å². The van der Waals surface area contributed by atoms with Crippen LogP contribution in [0.5, 0.6) is 0 Å². The van der Waals surface area contributed by atoms with Crippen molar-refractivity contribution in [2.75, 3.05) is 32.7 Å². The number of hydrogen-bond acceptors (Lipinski definition) is 11. The maximum absolute atomic E-state index is 12.3. The Morgan fingerprint density at radius 3 is 1.33 bits per heavy atom. The summed E-state index contributed by atoms with van der Waals surface area (Å²) in [5.74, 6) is -16.8. The van der Waals surface area contributed by atoms with Gasteiger partial charge in [0.25, 0.3) is 0 Å². The van der Waals surface area contributed by atoms with Crippen molar-refractivity contribution in [2.45, 2.75) is 18.1 Å². The molecule has 36 heavy (non-hydrogen) atoms. The lowest BCUT2D eigenvalue weighted by molar-refractivity contribution is -0.187. The fourth-order valence-electron chi connectivity index (χ4n) is 3.42. The number of ether oxygens (including phenoxy) is 1. The highest BCUT2D eigenvalue weighted by molar-refractivity contribution is 5.92. The summed E-state index contributed by atoms with van der Waals surface area (Å²) >= 11 is 0. The van der Waals surface area contributed by atoms with E-state index in [1.165, 1.54) is 0 Å². The molecule has 0 aromatic rings. The summed E-state index contributed by atoms with van der Waals surface area (Å²) in [5, 5.41) is 74.2. The first kappa shape index (κ1) is 31.5. The molecule has 19 nitrogen and oxygen atoms in total. The van der Waals surface area contributed by atoms with E-state index in [0.29, 0.717) is 4.90 Å². The van der Waals surface area contributed by atoms with Gasteiger partial charge in [-0.25, -0.2) is 9.59 Å². The summed E-state index contributed by atoms with van der Waals surface area (Å²) in [6.07, 6.45) is -4.33. The molecule has 8 N–H and O–H groups in total. The predicted molar refractivity (Wildman–Crippen MR) is 105 cm³/mol. The Bertz CT molecular complexity index is 867. The van der Waals surface area contributed by atoms with Gasteiger partial charge in [0.2, 0.25) is 5.60 Å². The Hall–Kier alpha value is -4.52. The number of nitrogens with zero attached hydrogens (tertiary/aromatic N) is 2. The lowest BCUT2D eigenvalue weighted by Crippen LogP contribution is -2.64. The summed E-state index contributed by atoms with van der Waals surface area (Å²) in [6, 6.07) is -2.33. The van der Waals surface area contributed by atoms with Gasteiger partial charge in [-0.1, -0.05) is 0 Å². The molecule has 3 atom stereocenters. The molecule has 202 valence electrons. The summed E-state index contributed by atoms with van der Waals surface area (Å²) in [5.41, 5.74) is -3.71. The van der Waals surface area contributed by atoms with Gasteiger partial charge >= 0.3 is 47.9 Å². The van der Waals surface area contributed by atoms with Crippen LogP contribution in [0.15, 0.2) is 0 Å².